The molecule has 0 bridgehead atoms. The highest BCUT2D eigenvalue weighted by Crippen LogP contribution is 2.34. The van der Waals surface area contributed by atoms with E-state index >= 15 is 0 Å². The number of phenols is 1. The molecule has 0 fully saturated rings. The highest BCUT2D eigenvalue weighted by molar-refractivity contribution is 9.10. The fourth-order valence-corrected chi connectivity index (χ4v) is 1.58. The molecule has 0 saturated carbocycles. The van der Waals surface area contributed by atoms with E-state index in [1.165, 1.54) is 12.1 Å². The monoisotopic (exact) mass is 275 g/mol. The second-order valence-electron chi connectivity index (χ2n) is 2.96. The van der Waals surface area contributed by atoms with Crippen molar-refractivity contribution >= 4 is 21.6 Å². The summed E-state index contributed by atoms with van der Waals surface area (Å²) in [6.45, 7) is 0.0984. The van der Waals surface area contributed by atoms with Crippen molar-refractivity contribution < 1.29 is 10.0 Å². The highest BCUT2D eigenvalue weighted by Gasteiger charge is 2.18. The first-order chi connectivity index (χ1) is 6.97. The lowest BCUT2D eigenvalue weighted by Gasteiger charge is -2.11. The molecule has 6 nitrogen and oxygen atoms in total. The van der Waals surface area contributed by atoms with Gasteiger partial charge in [0.25, 0.3) is 5.69 Å². The predicted octanol–water partition coefficient (Wildman–Crippen LogP) is 1.02. The van der Waals surface area contributed by atoms with Crippen molar-refractivity contribution in [3.8, 4) is 5.75 Å². The minimum absolute atomic E-state index is 0.0984. The second kappa shape index (κ2) is 4.56. The number of rotatable bonds is 3. The van der Waals surface area contributed by atoms with Crippen LogP contribution in [0.2, 0.25) is 0 Å². The molecule has 1 atom stereocenters. The van der Waals surface area contributed by atoms with Crippen LogP contribution in [0.3, 0.4) is 0 Å². The van der Waals surface area contributed by atoms with E-state index in [9.17, 15) is 15.2 Å². The molecule has 7 heteroatoms. The first-order valence-electron chi connectivity index (χ1n) is 4.09. The third-order valence-electron chi connectivity index (χ3n) is 1.94. The summed E-state index contributed by atoms with van der Waals surface area (Å²) < 4.78 is 0.232. The lowest BCUT2D eigenvalue weighted by atomic mass is 10.1. The number of phenolic OH excluding ortho intramolecular Hbond substituents is 1. The summed E-state index contributed by atoms with van der Waals surface area (Å²) in [5.74, 6) is -0.112. The summed E-state index contributed by atoms with van der Waals surface area (Å²) >= 11 is 3.01. The van der Waals surface area contributed by atoms with Gasteiger partial charge in [-0.3, -0.25) is 10.1 Å². The number of hydrogen-bond acceptors (Lipinski definition) is 5. The first kappa shape index (κ1) is 11.9. The van der Waals surface area contributed by atoms with E-state index in [0.717, 1.165) is 0 Å². The van der Waals surface area contributed by atoms with Crippen LogP contribution in [0.5, 0.6) is 5.75 Å². The van der Waals surface area contributed by atoms with Gasteiger partial charge in [-0.05, 0) is 15.9 Å². The molecule has 0 aliphatic rings. The Labute approximate surface area is 94.2 Å². The summed E-state index contributed by atoms with van der Waals surface area (Å²) in [5, 5.41) is 20.2. The standard InChI is InChI=1S/C8H10BrN3O3/c9-6-2-4(12(14)15)1-5(8(6)13)7(11)3-10/h1-2,7,13H,3,10-11H2/t7-/m1/s1. The number of nitro benzene ring substituents is 1. The van der Waals surface area contributed by atoms with Gasteiger partial charge in [-0.1, -0.05) is 0 Å². The topological polar surface area (TPSA) is 115 Å². The quantitative estimate of drug-likeness (QED) is 0.563. The van der Waals surface area contributed by atoms with Crippen molar-refractivity contribution in [1.29, 1.82) is 0 Å². The Hall–Kier alpha value is -1.18. The average molecular weight is 276 g/mol. The molecule has 0 aromatic heterocycles. The normalized spacial score (nSPS) is 12.5. The van der Waals surface area contributed by atoms with Crippen LogP contribution in [0.4, 0.5) is 5.69 Å². The molecule has 0 spiro atoms. The predicted molar refractivity (Wildman–Crippen MR) is 58.4 cm³/mol. The molecule has 5 N–H and O–H groups in total. The zero-order valence-electron chi connectivity index (χ0n) is 7.68. The third kappa shape index (κ3) is 2.44. The van der Waals surface area contributed by atoms with E-state index in [2.05, 4.69) is 15.9 Å². The number of nitrogens with zero attached hydrogens (tertiary/aromatic N) is 1. The molecule has 0 aliphatic carbocycles. The lowest BCUT2D eigenvalue weighted by Crippen LogP contribution is -2.21. The summed E-state index contributed by atoms with van der Waals surface area (Å²) in [4.78, 5) is 10.0. The van der Waals surface area contributed by atoms with Gasteiger partial charge in [0.15, 0.2) is 0 Å². The van der Waals surface area contributed by atoms with Crippen LogP contribution in [-0.4, -0.2) is 16.6 Å². The summed E-state index contributed by atoms with van der Waals surface area (Å²) in [7, 11) is 0. The molecule has 1 aromatic carbocycles. The molecule has 0 heterocycles. The number of benzene rings is 1. The van der Waals surface area contributed by atoms with Crippen LogP contribution in [0.15, 0.2) is 16.6 Å². The average Bonchev–Trinajstić information content (AvgIpc) is 2.20. The van der Waals surface area contributed by atoms with Crippen LogP contribution in [-0.2, 0) is 0 Å². The van der Waals surface area contributed by atoms with Gasteiger partial charge in [0, 0.05) is 30.3 Å². The SMILES string of the molecule is NC[C@@H](N)c1cc([N+](=O)[O-])cc(Br)c1O. The van der Waals surface area contributed by atoms with E-state index in [1.807, 2.05) is 0 Å². The maximum absolute atomic E-state index is 10.6. The van der Waals surface area contributed by atoms with Crippen molar-refractivity contribution in [2.45, 2.75) is 6.04 Å². The van der Waals surface area contributed by atoms with E-state index in [4.69, 9.17) is 11.5 Å². The number of nitrogens with two attached hydrogens (primary N) is 2. The van der Waals surface area contributed by atoms with E-state index in [0.29, 0.717) is 0 Å². The molecular weight excluding hydrogens is 266 g/mol. The molecule has 15 heavy (non-hydrogen) atoms. The molecule has 82 valence electrons. The summed E-state index contributed by atoms with van der Waals surface area (Å²) in [6.07, 6.45) is 0. The third-order valence-corrected chi connectivity index (χ3v) is 2.55. The Morgan fingerprint density at radius 1 is 1.60 bits per heavy atom. The van der Waals surface area contributed by atoms with Gasteiger partial charge in [-0.15, -0.1) is 0 Å². The van der Waals surface area contributed by atoms with Crippen LogP contribution in [0.1, 0.15) is 11.6 Å². The number of nitro groups is 1. The maximum atomic E-state index is 10.6. The number of halogens is 1. The van der Waals surface area contributed by atoms with Gasteiger partial charge in [0.05, 0.1) is 9.40 Å². The van der Waals surface area contributed by atoms with Crippen LogP contribution in [0, 0.1) is 10.1 Å². The molecule has 0 unspecified atom stereocenters. The van der Waals surface area contributed by atoms with E-state index < -0.39 is 11.0 Å². The summed E-state index contributed by atoms with van der Waals surface area (Å²) in [5.41, 5.74) is 11.1. The second-order valence-corrected chi connectivity index (χ2v) is 3.82. The van der Waals surface area contributed by atoms with Crippen molar-refractivity contribution in [1.82, 2.24) is 0 Å². The van der Waals surface area contributed by atoms with Crippen LogP contribution in [0.25, 0.3) is 0 Å². The molecule has 1 rings (SSSR count). The zero-order chi connectivity index (χ0) is 11.6. The molecular formula is C8H10BrN3O3. The Morgan fingerprint density at radius 2 is 2.20 bits per heavy atom. The smallest absolute Gasteiger partial charge is 0.271 e. The maximum Gasteiger partial charge on any atom is 0.271 e. The largest absolute Gasteiger partial charge is 0.506 e. The van der Waals surface area contributed by atoms with Gasteiger partial charge in [0.1, 0.15) is 5.75 Å². The Kier molecular flexibility index (Phi) is 3.61. The zero-order valence-corrected chi connectivity index (χ0v) is 9.27. The number of aromatic hydroxyl groups is 1. The Bertz CT molecular complexity index is 397. The first-order valence-corrected chi connectivity index (χ1v) is 4.89. The highest BCUT2D eigenvalue weighted by atomic mass is 79.9. The molecule has 0 radical (unpaired) electrons. The van der Waals surface area contributed by atoms with Crippen molar-refractivity contribution in [3.63, 3.8) is 0 Å². The van der Waals surface area contributed by atoms with Gasteiger partial charge < -0.3 is 16.6 Å². The van der Waals surface area contributed by atoms with Gasteiger partial charge in [-0.2, -0.15) is 0 Å². The number of non-ortho nitro benzene ring substituents is 1. The van der Waals surface area contributed by atoms with Crippen molar-refractivity contribution in [2.75, 3.05) is 6.54 Å². The van der Waals surface area contributed by atoms with E-state index in [1.54, 1.807) is 0 Å². The van der Waals surface area contributed by atoms with Crippen molar-refractivity contribution in [2.24, 2.45) is 11.5 Å². The lowest BCUT2D eigenvalue weighted by molar-refractivity contribution is -0.385. The Morgan fingerprint density at radius 3 is 2.67 bits per heavy atom. The number of hydrogen-bond donors (Lipinski definition) is 3. The van der Waals surface area contributed by atoms with Crippen LogP contribution >= 0.6 is 15.9 Å². The Balaban J connectivity index is 3.31. The molecule has 0 saturated heterocycles. The molecule has 0 aliphatic heterocycles. The fraction of sp³-hybridized carbons (Fsp3) is 0.250. The van der Waals surface area contributed by atoms with Gasteiger partial charge in [0.2, 0.25) is 0 Å². The van der Waals surface area contributed by atoms with Gasteiger partial charge >= 0.3 is 0 Å². The van der Waals surface area contributed by atoms with Gasteiger partial charge in [-0.25, -0.2) is 0 Å². The summed E-state index contributed by atoms with van der Waals surface area (Å²) in [6, 6.07) is 1.81. The van der Waals surface area contributed by atoms with Crippen LogP contribution < -0.4 is 11.5 Å². The van der Waals surface area contributed by atoms with E-state index in [-0.39, 0.29) is 28.0 Å². The minimum Gasteiger partial charge on any atom is -0.506 e. The molecule has 0 amide bonds. The minimum atomic E-state index is -0.624. The van der Waals surface area contributed by atoms with Crippen molar-refractivity contribution in [3.05, 3.63) is 32.3 Å². The fourth-order valence-electron chi connectivity index (χ4n) is 1.12. The molecule has 1 aromatic rings.